The number of sulfone groups is 1. The van der Waals surface area contributed by atoms with Gasteiger partial charge in [-0.2, -0.15) is 0 Å². The molecule has 114 valence electrons. The Kier molecular flexibility index (Phi) is 4.84. The Bertz CT molecular complexity index is 749. The second-order valence-electron chi connectivity index (χ2n) is 4.62. The Morgan fingerprint density at radius 1 is 1.33 bits per heavy atom. The summed E-state index contributed by atoms with van der Waals surface area (Å²) in [6.45, 7) is 1.87. The van der Waals surface area contributed by atoms with Crippen LogP contribution in [0.15, 0.2) is 28.7 Å². The van der Waals surface area contributed by atoms with Gasteiger partial charge in [0.15, 0.2) is 15.6 Å². The Morgan fingerprint density at radius 2 is 2.05 bits per heavy atom. The van der Waals surface area contributed by atoms with Crippen molar-refractivity contribution in [3.63, 3.8) is 0 Å². The highest BCUT2D eigenvalue weighted by molar-refractivity contribution is 7.91. The van der Waals surface area contributed by atoms with Crippen molar-refractivity contribution in [2.45, 2.75) is 13.3 Å². The van der Waals surface area contributed by atoms with E-state index in [1.807, 2.05) is 25.1 Å². The molecule has 1 heterocycles. The predicted octanol–water partition coefficient (Wildman–Crippen LogP) is 2.27. The van der Waals surface area contributed by atoms with Gasteiger partial charge in [0.2, 0.25) is 5.76 Å². The molecule has 1 aromatic carbocycles. The molecule has 2 N–H and O–H groups in total. The van der Waals surface area contributed by atoms with Crippen LogP contribution < -0.4 is 10.5 Å². The van der Waals surface area contributed by atoms with Crippen molar-refractivity contribution in [2.75, 3.05) is 18.1 Å². The first kappa shape index (κ1) is 15.8. The maximum Gasteiger partial charge on any atom is 0.204 e. The Labute approximate surface area is 129 Å². The molecule has 0 unspecified atom stereocenters. The van der Waals surface area contributed by atoms with Crippen LogP contribution in [0.4, 0.5) is 0 Å². The summed E-state index contributed by atoms with van der Waals surface area (Å²) in [7, 11) is -3.09. The molecule has 1 aromatic heterocycles. The van der Waals surface area contributed by atoms with E-state index in [1.54, 1.807) is 6.07 Å². The molecule has 0 saturated heterocycles. The molecule has 0 aliphatic carbocycles. The highest BCUT2D eigenvalue weighted by Crippen LogP contribution is 2.32. The Balaban J connectivity index is 2.21. The van der Waals surface area contributed by atoms with Crippen LogP contribution in [0.25, 0.3) is 11.0 Å². The molecule has 5 nitrogen and oxygen atoms in total. The van der Waals surface area contributed by atoms with Crippen molar-refractivity contribution in [1.29, 1.82) is 0 Å². The van der Waals surface area contributed by atoms with E-state index in [9.17, 15) is 8.42 Å². The average molecular weight is 327 g/mol. The minimum Gasteiger partial charge on any atom is -0.488 e. The van der Waals surface area contributed by atoms with Crippen molar-refractivity contribution in [3.05, 3.63) is 30.0 Å². The van der Waals surface area contributed by atoms with E-state index in [0.29, 0.717) is 17.8 Å². The molecule has 0 aliphatic heterocycles. The number of ether oxygens (including phenoxy) is 1. The number of benzene rings is 1. The molecular weight excluding hydrogens is 310 g/mol. The van der Waals surface area contributed by atoms with Gasteiger partial charge in [-0.15, -0.1) is 0 Å². The number of furan rings is 1. The summed E-state index contributed by atoms with van der Waals surface area (Å²) >= 11 is 4.94. The van der Waals surface area contributed by atoms with Gasteiger partial charge in [0, 0.05) is 0 Å². The lowest BCUT2D eigenvalue weighted by atomic mass is 10.2. The first-order valence-corrected chi connectivity index (χ1v) is 8.82. The smallest absolute Gasteiger partial charge is 0.204 e. The van der Waals surface area contributed by atoms with Gasteiger partial charge in [0.1, 0.15) is 17.2 Å². The van der Waals surface area contributed by atoms with Crippen molar-refractivity contribution >= 4 is 38.0 Å². The van der Waals surface area contributed by atoms with E-state index in [4.69, 9.17) is 27.1 Å². The van der Waals surface area contributed by atoms with Crippen molar-refractivity contribution in [1.82, 2.24) is 0 Å². The summed E-state index contributed by atoms with van der Waals surface area (Å²) in [6, 6.07) is 7.25. The Hall–Kier alpha value is -1.60. The Morgan fingerprint density at radius 3 is 2.71 bits per heavy atom. The van der Waals surface area contributed by atoms with E-state index in [0.717, 1.165) is 5.39 Å². The fourth-order valence-electron chi connectivity index (χ4n) is 2.01. The summed E-state index contributed by atoms with van der Waals surface area (Å²) in [5.41, 5.74) is 6.23. The maximum atomic E-state index is 11.7. The quantitative estimate of drug-likeness (QED) is 0.786. The maximum absolute atomic E-state index is 11.7. The molecule has 0 radical (unpaired) electrons. The van der Waals surface area contributed by atoms with Crippen LogP contribution in [0, 0.1) is 0 Å². The number of para-hydroxylation sites is 1. The van der Waals surface area contributed by atoms with Crippen molar-refractivity contribution < 1.29 is 17.6 Å². The van der Waals surface area contributed by atoms with Crippen LogP contribution in [0.2, 0.25) is 0 Å². The number of rotatable bonds is 7. The zero-order chi connectivity index (χ0) is 15.5. The van der Waals surface area contributed by atoms with Gasteiger partial charge in [0.25, 0.3) is 0 Å². The molecule has 0 fully saturated rings. The third-order valence-electron chi connectivity index (χ3n) is 2.93. The molecule has 0 spiro atoms. The lowest BCUT2D eigenvalue weighted by Gasteiger charge is -2.06. The zero-order valence-corrected chi connectivity index (χ0v) is 13.3. The number of thiocarbonyl (C=S) groups is 1. The fraction of sp³-hybridized carbons (Fsp3) is 0.357. The molecule has 0 atom stereocenters. The molecule has 0 amide bonds. The van der Waals surface area contributed by atoms with Gasteiger partial charge >= 0.3 is 0 Å². The van der Waals surface area contributed by atoms with Crippen LogP contribution in [0.5, 0.6) is 5.75 Å². The number of hydrogen-bond acceptors (Lipinski definition) is 5. The van der Waals surface area contributed by atoms with Gasteiger partial charge < -0.3 is 14.9 Å². The monoisotopic (exact) mass is 327 g/mol. The molecule has 7 heteroatoms. The van der Waals surface area contributed by atoms with Crippen LogP contribution in [0.3, 0.4) is 0 Å². The first-order valence-electron chi connectivity index (χ1n) is 6.59. The molecule has 21 heavy (non-hydrogen) atoms. The predicted molar refractivity (Wildman–Crippen MR) is 86.5 cm³/mol. The van der Waals surface area contributed by atoms with E-state index in [-0.39, 0.29) is 28.9 Å². The van der Waals surface area contributed by atoms with Crippen LogP contribution in [-0.4, -0.2) is 31.5 Å². The lowest BCUT2D eigenvalue weighted by Crippen LogP contribution is -2.18. The topological polar surface area (TPSA) is 82.5 Å². The third kappa shape index (κ3) is 3.74. The van der Waals surface area contributed by atoms with E-state index in [1.165, 1.54) is 0 Å². The van der Waals surface area contributed by atoms with E-state index < -0.39 is 9.84 Å². The zero-order valence-electron chi connectivity index (χ0n) is 11.7. The summed E-state index contributed by atoms with van der Waals surface area (Å²) in [4.78, 5) is 0.0811. The van der Waals surface area contributed by atoms with Gasteiger partial charge in [-0.1, -0.05) is 31.3 Å². The molecule has 0 bridgehead atoms. The van der Waals surface area contributed by atoms with E-state index in [2.05, 4.69) is 0 Å². The minimum atomic E-state index is -3.09. The SMILES string of the molecule is CCCS(=O)(=O)CCOc1c(C(N)=S)oc2ccccc12. The number of nitrogens with two attached hydrogens (primary N) is 1. The van der Waals surface area contributed by atoms with Crippen LogP contribution in [0.1, 0.15) is 19.1 Å². The second kappa shape index (κ2) is 6.44. The van der Waals surface area contributed by atoms with Crippen LogP contribution in [-0.2, 0) is 9.84 Å². The molecule has 2 aromatic rings. The van der Waals surface area contributed by atoms with Gasteiger partial charge in [-0.05, 0) is 18.6 Å². The summed E-state index contributed by atoms with van der Waals surface area (Å²) < 4.78 is 34.5. The van der Waals surface area contributed by atoms with Crippen LogP contribution >= 0.6 is 12.2 Å². The average Bonchev–Trinajstić information content (AvgIpc) is 2.78. The molecule has 2 rings (SSSR count). The summed E-state index contributed by atoms with van der Waals surface area (Å²) in [6.07, 6.45) is 0.592. The van der Waals surface area contributed by atoms with Gasteiger partial charge in [0.05, 0.1) is 16.9 Å². The molecular formula is C14H17NO4S2. The van der Waals surface area contributed by atoms with Gasteiger partial charge in [-0.25, -0.2) is 8.42 Å². The normalized spacial score (nSPS) is 11.7. The summed E-state index contributed by atoms with van der Waals surface area (Å²) in [5.74, 6) is 0.797. The second-order valence-corrected chi connectivity index (χ2v) is 7.36. The first-order chi connectivity index (χ1) is 9.94. The minimum absolute atomic E-state index is 0.0431. The fourth-order valence-corrected chi connectivity index (χ4v) is 3.31. The van der Waals surface area contributed by atoms with E-state index >= 15 is 0 Å². The van der Waals surface area contributed by atoms with Crippen molar-refractivity contribution in [3.8, 4) is 5.75 Å². The number of hydrogen-bond donors (Lipinski definition) is 1. The van der Waals surface area contributed by atoms with Gasteiger partial charge in [-0.3, -0.25) is 0 Å². The third-order valence-corrected chi connectivity index (χ3v) is 4.93. The largest absolute Gasteiger partial charge is 0.488 e. The number of fused-ring (bicyclic) bond motifs is 1. The summed E-state index contributed by atoms with van der Waals surface area (Å²) in [5, 5.41) is 0.730. The highest BCUT2D eigenvalue weighted by Gasteiger charge is 2.18. The highest BCUT2D eigenvalue weighted by atomic mass is 32.2. The molecule has 0 aliphatic rings. The van der Waals surface area contributed by atoms with Crippen molar-refractivity contribution in [2.24, 2.45) is 5.73 Å². The molecule has 0 saturated carbocycles. The standard InChI is InChI=1S/C14H17NO4S2/c1-2-8-21(16,17)9-7-18-12-10-5-3-4-6-11(10)19-13(12)14(15)20/h3-6H,2,7-9H2,1H3,(H2,15,20). The lowest BCUT2D eigenvalue weighted by molar-refractivity contribution is 0.338.